The number of halogens is 1. The molecule has 1 rings (SSSR count). The fourth-order valence-electron chi connectivity index (χ4n) is 1.50. The number of hydrogen-bond donors (Lipinski definition) is 1. The zero-order valence-corrected chi connectivity index (χ0v) is 11.5. The van der Waals surface area contributed by atoms with Gasteiger partial charge in [0.2, 0.25) is 0 Å². The monoisotopic (exact) mass is 275 g/mol. The number of ether oxygens (including phenoxy) is 3. The molecule has 0 aliphatic heterocycles. The molecule has 0 bridgehead atoms. The maximum absolute atomic E-state index is 11.2. The second kappa shape index (κ2) is 7.79. The van der Waals surface area contributed by atoms with Gasteiger partial charge in [0.25, 0.3) is 0 Å². The summed E-state index contributed by atoms with van der Waals surface area (Å²) in [6.07, 6.45) is 0.0972. The summed E-state index contributed by atoms with van der Waals surface area (Å²) in [7, 11) is 4.45. The van der Waals surface area contributed by atoms with Crippen molar-refractivity contribution in [2.45, 2.75) is 12.5 Å². The number of nitrogens with two attached hydrogens (primary N) is 1. The molecule has 1 aromatic rings. The fourth-order valence-corrected chi connectivity index (χ4v) is 1.50. The summed E-state index contributed by atoms with van der Waals surface area (Å²) in [5, 5.41) is 0. The molecule has 0 saturated carbocycles. The van der Waals surface area contributed by atoms with Crippen molar-refractivity contribution < 1.29 is 19.0 Å². The molecule has 0 spiro atoms. The lowest BCUT2D eigenvalue weighted by atomic mass is 10.0. The summed E-state index contributed by atoms with van der Waals surface area (Å²) in [6.45, 7) is 0. The van der Waals surface area contributed by atoms with Crippen molar-refractivity contribution in [1.29, 1.82) is 0 Å². The molecule has 1 atom stereocenters. The van der Waals surface area contributed by atoms with Crippen LogP contribution in [0.3, 0.4) is 0 Å². The SMILES string of the molecule is COC(=O)C[C@H](N)c1cc(OC)ccc1OC.Cl. The average Bonchev–Trinajstić information content (AvgIpc) is 2.37. The molecular weight excluding hydrogens is 258 g/mol. The number of hydrogen-bond acceptors (Lipinski definition) is 5. The van der Waals surface area contributed by atoms with Crippen LogP contribution in [0, 0.1) is 0 Å². The Morgan fingerprint density at radius 1 is 1.28 bits per heavy atom. The number of carbonyl (C=O) groups is 1. The highest BCUT2D eigenvalue weighted by Gasteiger charge is 2.17. The fraction of sp³-hybridized carbons (Fsp3) is 0.417. The van der Waals surface area contributed by atoms with Crippen LogP contribution in [0.1, 0.15) is 18.0 Å². The molecule has 1 aromatic carbocycles. The van der Waals surface area contributed by atoms with Crippen LogP contribution in [0.4, 0.5) is 0 Å². The van der Waals surface area contributed by atoms with Crippen molar-refractivity contribution in [2.75, 3.05) is 21.3 Å². The van der Waals surface area contributed by atoms with Crippen LogP contribution in [0.2, 0.25) is 0 Å². The summed E-state index contributed by atoms with van der Waals surface area (Å²) < 4.78 is 14.9. The Morgan fingerprint density at radius 3 is 2.44 bits per heavy atom. The van der Waals surface area contributed by atoms with Gasteiger partial charge >= 0.3 is 5.97 Å². The molecule has 0 saturated heterocycles. The highest BCUT2D eigenvalue weighted by atomic mass is 35.5. The van der Waals surface area contributed by atoms with E-state index < -0.39 is 6.04 Å². The van der Waals surface area contributed by atoms with Crippen LogP contribution in [-0.2, 0) is 9.53 Å². The van der Waals surface area contributed by atoms with Gasteiger partial charge in [-0.15, -0.1) is 12.4 Å². The van der Waals surface area contributed by atoms with Gasteiger partial charge in [-0.05, 0) is 18.2 Å². The Morgan fingerprint density at radius 2 is 1.94 bits per heavy atom. The predicted molar refractivity (Wildman–Crippen MR) is 70.4 cm³/mol. The molecule has 2 N–H and O–H groups in total. The van der Waals surface area contributed by atoms with Gasteiger partial charge < -0.3 is 19.9 Å². The standard InChI is InChI=1S/C12H17NO4.ClH/c1-15-8-4-5-11(16-2)9(6-8)10(13)7-12(14)17-3;/h4-6,10H,7,13H2,1-3H3;1H/t10-;/m0./s1. The maximum atomic E-state index is 11.2. The largest absolute Gasteiger partial charge is 0.497 e. The quantitative estimate of drug-likeness (QED) is 0.828. The number of rotatable bonds is 5. The molecule has 5 nitrogen and oxygen atoms in total. The van der Waals surface area contributed by atoms with Gasteiger partial charge in [0, 0.05) is 11.6 Å². The lowest BCUT2D eigenvalue weighted by Crippen LogP contribution is -2.17. The molecule has 0 aliphatic carbocycles. The number of methoxy groups -OCH3 is 3. The van der Waals surface area contributed by atoms with Crippen molar-refractivity contribution in [3.63, 3.8) is 0 Å². The van der Waals surface area contributed by atoms with Crippen molar-refractivity contribution in [2.24, 2.45) is 5.73 Å². The third-order valence-electron chi connectivity index (χ3n) is 2.45. The van der Waals surface area contributed by atoms with Gasteiger partial charge in [0.15, 0.2) is 0 Å². The van der Waals surface area contributed by atoms with Crippen LogP contribution in [-0.4, -0.2) is 27.3 Å². The molecule has 6 heteroatoms. The lowest BCUT2D eigenvalue weighted by molar-refractivity contribution is -0.141. The van der Waals surface area contributed by atoms with Gasteiger partial charge in [-0.1, -0.05) is 0 Å². The van der Waals surface area contributed by atoms with E-state index in [0.717, 1.165) is 5.56 Å². The van der Waals surface area contributed by atoms with Crippen molar-refractivity contribution in [3.8, 4) is 11.5 Å². The van der Waals surface area contributed by atoms with Crippen LogP contribution < -0.4 is 15.2 Å². The van der Waals surface area contributed by atoms with E-state index in [1.54, 1.807) is 32.4 Å². The number of esters is 1. The van der Waals surface area contributed by atoms with Gasteiger partial charge in [0.05, 0.1) is 27.8 Å². The molecule has 0 radical (unpaired) electrons. The average molecular weight is 276 g/mol. The minimum Gasteiger partial charge on any atom is -0.497 e. The smallest absolute Gasteiger partial charge is 0.307 e. The second-order valence-corrected chi connectivity index (χ2v) is 3.49. The Balaban J connectivity index is 0.00000289. The van der Waals surface area contributed by atoms with Crippen LogP contribution in [0.25, 0.3) is 0 Å². The van der Waals surface area contributed by atoms with E-state index in [9.17, 15) is 4.79 Å². The van der Waals surface area contributed by atoms with Crippen LogP contribution in [0.15, 0.2) is 18.2 Å². The van der Waals surface area contributed by atoms with Crippen LogP contribution >= 0.6 is 12.4 Å². The molecule has 102 valence electrons. The Labute approximate surface area is 113 Å². The lowest BCUT2D eigenvalue weighted by Gasteiger charge is -2.15. The van der Waals surface area contributed by atoms with Crippen molar-refractivity contribution >= 4 is 18.4 Å². The number of benzene rings is 1. The first-order valence-corrected chi connectivity index (χ1v) is 5.16. The van der Waals surface area contributed by atoms with Gasteiger partial charge in [-0.3, -0.25) is 4.79 Å². The molecule has 0 aliphatic rings. The third-order valence-corrected chi connectivity index (χ3v) is 2.45. The molecule has 18 heavy (non-hydrogen) atoms. The zero-order chi connectivity index (χ0) is 12.8. The van der Waals surface area contributed by atoms with E-state index in [1.807, 2.05) is 0 Å². The van der Waals surface area contributed by atoms with Gasteiger partial charge in [0.1, 0.15) is 11.5 Å². The minimum absolute atomic E-state index is 0. The highest BCUT2D eigenvalue weighted by molar-refractivity contribution is 5.85. The highest BCUT2D eigenvalue weighted by Crippen LogP contribution is 2.29. The first-order chi connectivity index (χ1) is 8.12. The number of carbonyl (C=O) groups excluding carboxylic acids is 1. The molecule has 0 amide bonds. The van der Waals surface area contributed by atoms with E-state index in [1.165, 1.54) is 7.11 Å². The summed E-state index contributed by atoms with van der Waals surface area (Å²) in [5.74, 6) is 0.936. The maximum Gasteiger partial charge on any atom is 0.307 e. The molecule has 0 aromatic heterocycles. The predicted octanol–water partition coefficient (Wildman–Crippen LogP) is 1.69. The van der Waals surface area contributed by atoms with Crippen LogP contribution in [0.5, 0.6) is 11.5 Å². The first kappa shape index (κ1) is 16.5. The van der Waals surface area contributed by atoms with Gasteiger partial charge in [-0.25, -0.2) is 0 Å². The normalized spacial score (nSPS) is 11.1. The Kier molecular flexibility index (Phi) is 7.16. The summed E-state index contributed by atoms with van der Waals surface area (Å²) in [5.41, 5.74) is 6.65. The van der Waals surface area contributed by atoms with Crippen molar-refractivity contribution in [1.82, 2.24) is 0 Å². The molecule has 0 unspecified atom stereocenters. The van der Waals surface area contributed by atoms with E-state index in [-0.39, 0.29) is 24.8 Å². The van der Waals surface area contributed by atoms with E-state index >= 15 is 0 Å². The molecule has 0 heterocycles. The minimum atomic E-state index is -0.479. The summed E-state index contributed by atoms with van der Waals surface area (Å²) in [6, 6.07) is 4.80. The van der Waals surface area contributed by atoms with E-state index in [4.69, 9.17) is 15.2 Å². The van der Waals surface area contributed by atoms with Crippen molar-refractivity contribution in [3.05, 3.63) is 23.8 Å². The summed E-state index contributed by atoms with van der Waals surface area (Å²) >= 11 is 0. The molecular formula is C12H18ClNO4. The van der Waals surface area contributed by atoms with E-state index in [2.05, 4.69) is 4.74 Å². The summed E-state index contributed by atoms with van der Waals surface area (Å²) in [4.78, 5) is 11.2. The Bertz CT molecular complexity index is 398. The second-order valence-electron chi connectivity index (χ2n) is 3.49. The van der Waals surface area contributed by atoms with Gasteiger partial charge in [-0.2, -0.15) is 0 Å². The third kappa shape index (κ3) is 4.09. The zero-order valence-electron chi connectivity index (χ0n) is 10.6. The van der Waals surface area contributed by atoms with E-state index in [0.29, 0.717) is 11.5 Å². The molecule has 0 fully saturated rings. The topological polar surface area (TPSA) is 70.8 Å². The Hall–Kier alpha value is -1.46. The first-order valence-electron chi connectivity index (χ1n) is 5.16.